The third-order valence-electron chi connectivity index (χ3n) is 10.4. The van der Waals surface area contributed by atoms with E-state index in [4.69, 9.17) is 4.98 Å². The fourth-order valence-corrected chi connectivity index (χ4v) is 9.27. The fraction of sp³-hybridized carbons (Fsp3) is 0. The van der Waals surface area contributed by atoms with Crippen LogP contribution in [0.3, 0.4) is 0 Å². The molecule has 0 radical (unpaired) electrons. The van der Waals surface area contributed by atoms with E-state index < -0.39 is 0 Å². The molecule has 0 N–H and O–H groups in total. The number of para-hydroxylation sites is 1. The Labute approximate surface area is 297 Å². The quantitative estimate of drug-likeness (QED) is 0.183. The molecule has 51 heavy (non-hydrogen) atoms. The van der Waals surface area contributed by atoms with Crippen molar-refractivity contribution in [3.8, 4) is 33.6 Å². The van der Waals surface area contributed by atoms with Gasteiger partial charge < -0.3 is 4.57 Å². The Kier molecular flexibility index (Phi) is 6.12. The first-order valence-electron chi connectivity index (χ1n) is 17.3. The topological polar surface area (TPSA) is 22.8 Å². The van der Waals surface area contributed by atoms with Gasteiger partial charge in [0.15, 0.2) is 0 Å². The predicted molar refractivity (Wildman–Crippen MR) is 217 cm³/mol. The maximum absolute atomic E-state index is 4.95. The second-order valence-corrected chi connectivity index (χ2v) is 14.2. The molecule has 0 saturated carbocycles. The Bertz CT molecular complexity index is 3140. The summed E-state index contributed by atoms with van der Waals surface area (Å²) >= 11 is 1.85. The van der Waals surface area contributed by atoms with Crippen LogP contribution >= 0.6 is 11.3 Å². The summed E-state index contributed by atoms with van der Waals surface area (Å²) in [6.07, 6.45) is 1.91. The second kappa shape index (κ2) is 11.0. The Morgan fingerprint density at radius 3 is 1.88 bits per heavy atom. The van der Waals surface area contributed by atoms with E-state index >= 15 is 0 Å². The number of hydrogen-bond acceptors (Lipinski definition) is 2. The van der Waals surface area contributed by atoms with Crippen LogP contribution < -0.4 is 0 Å². The van der Waals surface area contributed by atoms with Crippen LogP contribution in [0.15, 0.2) is 176 Å². The largest absolute Gasteiger partial charge is 0.309 e. The number of hydrogen-bond donors (Lipinski definition) is 0. The van der Waals surface area contributed by atoms with Crippen LogP contribution in [0.1, 0.15) is 0 Å². The number of aromatic nitrogens is 3. The van der Waals surface area contributed by atoms with E-state index in [0.717, 1.165) is 22.2 Å². The summed E-state index contributed by atoms with van der Waals surface area (Å²) in [6, 6.07) is 61.7. The van der Waals surface area contributed by atoms with Crippen molar-refractivity contribution in [2.45, 2.75) is 0 Å². The van der Waals surface area contributed by atoms with Gasteiger partial charge in [0.1, 0.15) is 5.65 Å². The van der Waals surface area contributed by atoms with Gasteiger partial charge in [-0.25, -0.2) is 4.98 Å². The zero-order chi connectivity index (χ0) is 33.5. The molecule has 7 aromatic carbocycles. The molecule has 238 valence electrons. The lowest BCUT2D eigenvalue weighted by atomic mass is 10.0. The minimum atomic E-state index is 0.978. The number of thiophene rings is 1. The van der Waals surface area contributed by atoms with Crippen molar-refractivity contribution in [3.63, 3.8) is 0 Å². The average Bonchev–Trinajstić information content (AvgIpc) is 3.86. The van der Waals surface area contributed by atoms with Crippen LogP contribution in [-0.2, 0) is 0 Å². The molecule has 0 aliphatic rings. The maximum atomic E-state index is 4.95. The van der Waals surface area contributed by atoms with Crippen molar-refractivity contribution in [1.82, 2.24) is 14.1 Å². The highest BCUT2D eigenvalue weighted by atomic mass is 32.1. The summed E-state index contributed by atoms with van der Waals surface area (Å²) < 4.78 is 7.34. The average molecular weight is 668 g/mol. The van der Waals surface area contributed by atoms with Crippen molar-refractivity contribution in [2.24, 2.45) is 0 Å². The molecule has 11 aromatic rings. The standard InChI is InChI=1S/C47H29N3S/c1-2-11-30(12-3-1)31-13-8-14-34(27-31)49-41-19-6-4-15-35(41)39-28-32(22-24-42(39)49)33-23-25-43-40(29-33)38-18-10-26-48-47(38)50(43)44-20-9-17-37-36-16-5-7-21-45(36)51-46(37)44/h1-29H. The van der Waals surface area contributed by atoms with E-state index in [-0.39, 0.29) is 0 Å². The third kappa shape index (κ3) is 4.27. The van der Waals surface area contributed by atoms with Gasteiger partial charge in [-0.05, 0) is 89.0 Å². The molecule has 0 bridgehead atoms. The van der Waals surface area contributed by atoms with Gasteiger partial charge in [0, 0.05) is 48.9 Å². The van der Waals surface area contributed by atoms with Gasteiger partial charge >= 0.3 is 0 Å². The number of rotatable bonds is 4. The minimum Gasteiger partial charge on any atom is -0.309 e. The van der Waals surface area contributed by atoms with Crippen LogP contribution in [-0.4, -0.2) is 14.1 Å². The molecule has 0 saturated heterocycles. The van der Waals surface area contributed by atoms with E-state index in [2.05, 4.69) is 173 Å². The molecule has 0 atom stereocenters. The highest BCUT2D eigenvalue weighted by Crippen LogP contribution is 2.42. The number of fused-ring (bicyclic) bond motifs is 9. The molecule has 0 amide bonds. The summed E-state index contributed by atoms with van der Waals surface area (Å²) in [6.45, 7) is 0. The molecule has 0 aliphatic carbocycles. The molecular weight excluding hydrogens is 639 g/mol. The Morgan fingerprint density at radius 1 is 0.392 bits per heavy atom. The van der Waals surface area contributed by atoms with Crippen LogP contribution in [0.25, 0.3) is 97.5 Å². The monoisotopic (exact) mass is 667 g/mol. The lowest BCUT2D eigenvalue weighted by Crippen LogP contribution is -1.95. The van der Waals surface area contributed by atoms with Crippen LogP contribution in [0.2, 0.25) is 0 Å². The molecule has 4 aromatic heterocycles. The Balaban J connectivity index is 1.09. The highest BCUT2D eigenvalue weighted by Gasteiger charge is 2.19. The molecule has 0 unspecified atom stereocenters. The highest BCUT2D eigenvalue weighted by molar-refractivity contribution is 7.26. The van der Waals surface area contributed by atoms with Crippen molar-refractivity contribution < 1.29 is 0 Å². The summed E-state index contributed by atoms with van der Waals surface area (Å²) in [5.74, 6) is 0. The Morgan fingerprint density at radius 2 is 1.02 bits per heavy atom. The van der Waals surface area contributed by atoms with Crippen LogP contribution in [0.4, 0.5) is 0 Å². The van der Waals surface area contributed by atoms with Crippen molar-refractivity contribution >= 4 is 75.3 Å². The van der Waals surface area contributed by atoms with E-state index in [0.29, 0.717) is 0 Å². The number of pyridine rings is 1. The normalized spacial score (nSPS) is 11.9. The Hall–Kier alpha value is -6.49. The van der Waals surface area contributed by atoms with Gasteiger partial charge in [-0.1, -0.05) is 103 Å². The van der Waals surface area contributed by atoms with Gasteiger partial charge in [-0.15, -0.1) is 11.3 Å². The van der Waals surface area contributed by atoms with Crippen LogP contribution in [0, 0.1) is 0 Å². The van der Waals surface area contributed by atoms with E-state index in [1.807, 2.05) is 23.6 Å². The molecule has 3 nitrogen and oxygen atoms in total. The minimum absolute atomic E-state index is 0.978. The first-order valence-corrected chi connectivity index (χ1v) is 18.1. The number of nitrogens with zero attached hydrogens (tertiary/aromatic N) is 3. The molecule has 0 spiro atoms. The van der Waals surface area contributed by atoms with Crippen molar-refractivity contribution in [1.29, 1.82) is 0 Å². The first-order chi connectivity index (χ1) is 25.3. The maximum Gasteiger partial charge on any atom is 0.145 e. The SMILES string of the molecule is c1ccc(-c2cccc(-n3c4ccccc4c4cc(-c5ccc6c(c5)c5cccnc5n6-c5cccc6c5sc5ccccc56)ccc43)c2)cc1. The number of benzene rings is 7. The summed E-state index contributed by atoms with van der Waals surface area (Å²) in [5, 5.41) is 7.44. The third-order valence-corrected chi connectivity index (χ3v) is 11.6. The second-order valence-electron chi connectivity index (χ2n) is 13.2. The van der Waals surface area contributed by atoms with Gasteiger partial charge in [0.2, 0.25) is 0 Å². The van der Waals surface area contributed by atoms with Crippen molar-refractivity contribution in [2.75, 3.05) is 0 Å². The fourth-order valence-electron chi connectivity index (χ4n) is 8.06. The lowest BCUT2D eigenvalue weighted by molar-refractivity contribution is 1.15. The first kappa shape index (κ1) is 28.4. The van der Waals surface area contributed by atoms with Crippen LogP contribution in [0.5, 0.6) is 0 Å². The smallest absolute Gasteiger partial charge is 0.145 e. The van der Waals surface area contributed by atoms with Gasteiger partial charge in [-0.2, -0.15) is 0 Å². The summed E-state index contributed by atoms with van der Waals surface area (Å²) in [5.41, 5.74) is 11.7. The van der Waals surface area contributed by atoms with E-state index in [1.165, 1.54) is 75.3 Å². The van der Waals surface area contributed by atoms with E-state index in [9.17, 15) is 0 Å². The van der Waals surface area contributed by atoms with Gasteiger partial charge in [0.05, 0.1) is 26.9 Å². The van der Waals surface area contributed by atoms with Gasteiger partial charge in [0.25, 0.3) is 0 Å². The zero-order valence-corrected chi connectivity index (χ0v) is 28.3. The molecule has 4 heteroatoms. The summed E-state index contributed by atoms with van der Waals surface area (Å²) in [7, 11) is 0. The van der Waals surface area contributed by atoms with Crippen molar-refractivity contribution in [3.05, 3.63) is 176 Å². The predicted octanol–water partition coefficient (Wildman–Crippen LogP) is 13.0. The molecule has 11 rings (SSSR count). The van der Waals surface area contributed by atoms with Gasteiger partial charge in [-0.3, -0.25) is 4.57 Å². The molecule has 0 aliphatic heterocycles. The molecule has 4 heterocycles. The zero-order valence-electron chi connectivity index (χ0n) is 27.5. The summed E-state index contributed by atoms with van der Waals surface area (Å²) in [4.78, 5) is 4.95. The lowest BCUT2D eigenvalue weighted by Gasteiger charge is -2.11. The molecular formula is C47H29N3S. The van der Waals surface area contributed by atoms with E-state index in [1.54, 1.807) is 0 Å². The molecule has 0 fully saturated rings.